The molecule has 0 spiro atoms. The lowest BCUT2D eigenvalue weighted by atomic mass is 10.1. The topological polar surface area (TPSA) is 26.3 Å². The van der Waals surface area contributed by atoms with Crippen molar-refractivity contribution in [2.75, 3.05) is 11.5 Å². The second-order valence-electron chi connectivity index (χ2n) is 2.36. The molecule has 0 unspecified atom stereocenters. The predicted molar refractivity (Wildman–Crippen MR) is 45.7 cm³/mol. The number of rotatable bonds is 2. The van der Waals surface area contributed by atoms with Gasteiger partial charge in [0, 0.05) is 11.5 Å². The Hall–Kier alpha value is 0.170. The SMILES string of the molecule is O=C1O[C@@H](CS)C[C@@H]1CS. The molecule has 0 saturated carbocycles. The molecule has 1 saturated heterocycles. The molecule has 2 nitrogen and oxygen atoms in total. The fourth-order valence-electron chi connectivity index (χ4n) is 0.983. The third-order valence-corrected chi connectivity index (χ3v) is 2.44. The van der Waals surface area contributed by atoms with Gasteiger partial charge in [-0.1, -0.05) is 0 Å². The second-order valence-corrected chi connectivity index (χ2v) is 3.09. The average Bonchev–Trinajstić information content (AvgIpc) is 2.30. The number of thiol groups is 2. The van der Waals surface area contributed by atoms with E-state index in [1.54, 1.807) is 0 Å². The Morgan fingerprint density at radius 1 is 1.50 bits per heavy atom. The molecule has 0 aromatic heterocycles. The van der Waals surface area contributed by atoms with Crippen molar-refractivity contribution in [1.29, 1.82) is 0 Å². The molecule has 0 radical (unpaired) electrons. The van der Waals surface area contributed by atoms with Crippen molar-refractivity contribution in [3.8, 4) is 0 Å². The maximum atomic E-state index is 10.9. The molecule has 10 heavy (non-hydrogen) atoms. The summed E-state index contributed by atoms with van der Waals surface area (Å²) in [6.07, 6.45) is 0.805. The highest BCUT2D eigenvalue weighted by atomic mass is 32.1. The molecule has 0 aliphatic carbocycles. The summed E-state index contributed by atoms with van der Waals surface area (Å²) in [6.45, 7) is 0. The zero-order valence-electron chi connectivity index (χ0n) is 5.49. The van der Waals surface area contributed by atoms with Gasteiger partial charge in [-0.3, -0.25) is 4.79 Å². The summed E-state index contributed by atoms with van der Waals surface area (Å²) >= 11 is 8.06. The van der Waals surface area contributed by atoms with Gasteiger partial charge in [0.25, 0.3) is 0 Å². The highest BCUT2D eigenvalue weighted by molar-refractivity contribution is 7.80. The van der Waals surface area contributed by atoms with Gasteiger partial charge in [-0.15, -0.1) is 0 Å². The summed E-state index contributed by atoms with van der Waals surface area (Å²) in [6, 6.07) is 0. The summed E-state index contributed by atoms with van der Waals surface area (Å²) in [5.41, 5.74) is 0. The molecule has 1 rings (SSSR count). The lowest BCUT2D eigenvalue weighted by molar-refractivity contribution is -0.143. The normalized spacial score (nSPS) is 32.4. The Bertz CT molecular complexity index is 138. The largest absolute Gasteiger partial charge is 0.461 e. The summed E-state index contributed by atoms with van der Waals surface area (Å²) in [7, 11) is 0. The van der Waals surface area contributed by atoms with Gasteiger partial charge in [0.2, 0.25) is 0 Å². The summed E-state index contributed by atoms with van der Waals surface area (Å²) in [5, 5.41) is 0. The van der Waals surface area contributed by atoms with Crippen LogP contribution in [0.5, 0.6) is 0 Å². The number of carbonyl (C=O) groups excluding carboxylic acids is 1. The molecule has 0 N–H and O–H groups in total. The Labute approximate surface area is 71.1 Å². The molecule has 1 aliphatic rings. The molecule has 0 bridgehead atoms. The highest BCUT2D eigenvalue weighted by Crippen LogP contribution is 2.22. The number of cyclic esters (lactones) is 1. The number of hydrogen-bond donors (Lipinski definition) is 2. The van der Waals surface area contributed by atoms with E-state index in [1.807, 2.05) is 0 Å². The second kappa shape index (κ2) is 3.53. The first-order valence-corrected chi connectivity index (χ1v) is 4.46. The minimum Gasteiger partial charge on any atom is -0.461 e. The van der Waals surface area contributed by atoms with Crippen molar-refractivity contribution >= 4 is 31.2 Å². The van der Waals surface area contributed by atoms with E-state index in [9.17, 15) is 4.79 Å². The van der Waals surface area contributed by atoms with Crippen LogP contribution in [-0.4, -0.2) is 23.6 Å². The molecule has 1 fully saturated rings. The van der Waals surface area contributed by atoms with Crippen LogP contribution in [0.4, 0.5) is 0 Å². The van der Waals surface area contributed by atoms with Gasteiger partial charge in [0.1, 0.15) is 6.10 Å². The Kier molecular flexibility index (Phi) is 2.92. The fraction of sp³-hybridized carbons (Fsp3) is 0.833. The molecule has 1 aliphatic heterocycles. The monoisotopic (exact) mass is 178 g/mol. The third kappa shape index (κ3) is 1.61. The van der Waals surface area contributed by atoms with Crippen molar-refractivity contribution in [1.82, 2.24) is 0 Å². The Balaban J connectivity index is 2.44. The minimum atomic E-state index is -0.117. The van der Waals surface area contributed by atoms with Gasteiger partial charge in [-0.25, -0.2) is 0 Å². The molecular weight excluding hydrogens is 168 g/mol. The third-order valence-electron chi connectivity index (χ3n) is 1.59. The van der Waals surface area contributed by atoms with Crippen molar-refractivity contribution in [3.63, 3.8) is 0 Å². The number of carbonyl (C=O) groups is 1. The molecule has 4 heteroatoms. The Morgan fingerprint density at radius 3 is 2.50 bits per heavy atom. The van der Waals surface area contributed by atoms with Crippen LogP contribution in [0.3, 0.4) is 0 Å². The first kappa shape index (κ1) is 8.27. The molecule has 0 aromatic rings. The van der Waals surface area contributed by atoms with Gasteiger partial charge in [-0.2, -0.15) is 25.3 Å². The van der Waals surface area contributed by atoms with Crippen LogP contribution in [0, 0.1) is 5.92 Å². The maximum Gasteiger partial charge on any atom is 0.310 e. The van der Waals surface area contributed by atoms with E-state index in [-0.39, 0.29) is 18.0 Å². The van der Waals surface area contributed by atoms with E-state index in [2.05, 4.69) is 25.3 Å². The standard InChI is InChI=1S/C6H10O2S2/c7-6-4(2-9)1-5(3-10)8-6/h4-5,9-10H,1-3H2/t4-,5-/m1/s1. The molecule has 1 heterocycles. The fourth-order valence-corrected chi connectivity index (χ4v) is 1.50. The van der Waals surface area contributed by atoms with Gasteiger partial charge in [0.05, 0.1) is 5.92 Å². The van der Waals surface area contributed by atoms with Gasteiger partial charge in [-0.05, 0) is 6.42 Å². The van der Waals surface area contributed by atoms with Crippen LogP contribution in [0.25, 0.3) is 0 Å². The zero-order chi connectivity index (χ0) is 7.56. The summed E-state index contributed by atoms with van der Waals surface area (Å²) in [5.74, 6) is 1.09. The van der Waals surface area contributed by atoms with E-state index >= 15 is 0 Å². The van der Waals surface area contributed by atoms with Crippen LogP contribution >= 0.6 is 25.3 Å². The molecular formula is C6H10O2S2. The molecule has 0 amide bonds. The van der Waals surface area contributed by atoms with Crippen LogP contribution in [-0.2, 0) is 9.53 Å². The smallest absolute Gasteiger partial charge is 0.310 e. The first-order chi connectivity index (χ1) is 4.77. The lowest BCUT2D eigenvalue weighted by Gasteiger charge is -2.01. The van der Waals surface area contributed by atoms with E-state index in [4.69, 9.17) is 4.74 Å². The van der Waals surface area contributed by atoms with Crippen LogP contribution < -0.4 is 0 Å². The number of hydrogen-bond acceptors (Lipinski definition) is 4. The molecule has 2 atom stereocenters. The van der Waals surface area contributed by atoms with E-state index in [0.717, 1.165) is 6.42 Å². The number of ether oxygens (including phenoxy) is 1. The van der Waals surface area contributed by atoms with Crippen molar-refractivity contribution < 1.29 is 9.53 Å². The van der Waals surface area contributed by atoms with Crippen LogP contribution in [0.15, 0.2) is 0 Å². The first-order valence-electron chi connectivity index (χ1n) is 3.20. The Morgan fingerprint density at radius 2 is 2.20 bits per heavy atom. The molecule has 58 valence electrons. The lowest BCUT2D eigenvalue weighted by Crippen LogP contribution is -2.08. The van der Waals surface area contributed by atoms with E-state index in [0.29, 0.717) is 11.5 Å². The van der Waals surface area contributed by atoms with Crippen LogP contribution in [0.1, 0.15) is 6.42 Å². The summed E-state index contributed by atoms with van der Waals surface area (Å²) < 4.78 is 4.95. The quantitative estimate of drug-likeness (QED) is 0.483. The average molecular weight is 178 g/mol. The van der Waals surface area contributed by atoms with Crippen molar-refractivity contribution in [3.05, 3.63) is 0 Å². The minimum absolute atomic E-state index is 0.000448. The maximum absolute atomic E-state index is 10.9. The van der Waals surface area contributed by atoms with Crippen molar-refractivity contribution in [2.24, 2.45) is 5.92 Å². The van der Waals surface area contributed by atoms with Gasteiger partial charge >= 0.3 is 5.97 Å². The van der Waals surface area contributed by atoms with E-state index < -0.39 is 0 Å². The highest BCUT2D eigenvalue weighted by Gasteiger charge is 2.32. The zero-order valence-corrected chi connectivity index (χ0v) is 7.28. The van der Waals surface area contributed by atoms with Crippen molar-refractivity contribution in [2.45, 2.75) is 12.5 Å². The molecule has 0 aromatic carbocycles. The van der Waals surface area contributed by atoms with Crippen LogP contribution in [0.2, 0.25) is 0 Å². The van der Waals surface area contributed by atoms with Gasteiger partial charge in [0.15, 0.2) is 0 Å². The predicted octanol–water partition coefficient (Wildman–Crippen LogP) is 0.778. The summed E-state index contributed by atoms with van der Waals surface area (Å²) in [4.78, 5) is 10.9. The van der Waals surface area contributed by atoms with Gasteiger partial charge < -0.3 is 4.74 Å². The number of esters is 1. The van der Waals surface area contributed by atoms with E-state index in [1.165, 1.54) is 0 Å².